The fraction of sp³-hybridized carbons (Fsp3) is 0.429. The van der Waals surface area contributed by atoms with Crippen LogP contribution < -0.4 is 10.6 Å². The smallest absolute Gasteiger partial charge is 0.319 e. The third kappa shape index (κ3) is 5.11. The number of anilines is 1. The summed E-state index contributed by atoms with van der Waals surface area (Å²) in [5, 5.41) is 7.94. The maximum absolute atomic E-state index is 12.6. The number of hydrogen-bond acceptors (Lipinski definition) is 4. The van der Waals surface area contributed by atoms with Crippen LogP contribution >= 0.6 is 11.3 Å². The van der Waals surface area contributed by atoms with Crippen molar-refractivity contribution in [3.63, 3.8) is 0 Å². The van der Waals surface area contributed by atoms with Gasteiger partial charge in [0.2, 0.25) is 0 Å². The second kappa shape index (κ2) is 8.75. The average Bonchev–Trinajstić information content (AvgIpc) is 3.20. The molecule has 0 spiro atoms. The zero-order valence-corrected chi connectivity index (χ0v) is 17.3. The first-order chi connectivity index (χ1) is 13.3. The van der Waals surface area contributed by atoms with Gasteiger partial charge in [0.1, 0.15) is 0 Å². The van der Waals surface area contributed by atoms with E-state index < -0.39 is 0 Å². The molecule has 7 heteroatoms. The molecule has 6 nitrogen and oxygen atoms in total. The van der Waals surface area contributed by atoms with Gasteiger partial charge in [-0.2, -0.15) is 0 Å². The molecule has 1 aromatic carbocycles. The Morgan fingerprint density at radius 2 is 1.89 bits per heavy atom. The Morgan fingerprint density at radius 3 is 2.54 bits per heavy atom. The number of thiophene rings is 1. The fourth-order valence-corrected chi connectivity index (χ4v) is 4.17. The van der Waals surface area contributed by atoms with E-state index in [1.807, 2.05) is 17.5 Å². The number of nitrogens with one attached hydrogen (secondary N) is 2. The number of hydrogen-bond donors (Lipinski definition) is 2. The lowest BCUT2D eigenvalue weighted by Gasteiger charge is -2.30. The lowest BCUT2D eigenvalue weighted by atomic mass is 9.86. The first-order valence-electron chi connectivity index (χ1n) is 9.42. The molecular weight excluding hydrogens is 374 g/mol. The normalized spacial score (nSPS) is 15.8. The van der Waals surface area contributed by atoms with Crippen molar-refractivity contribution >= 4 is 29.0 Å². The van der Waals surface area contributed by atoms with E-state index in [0.29, 0.717) is 37.6 Å². The minimum absolute atomic E-state index is 0.0430. The maximum Gasteiger partial charge on any atom is 0.319 e. The number of urea groups is 1. The number of carbonyl (C=O) groups is 2. The van der Waals surface area contributed by atoms with Gasteiger partial charge < -0.3 is 20.3 Å². The van der Waals surface area contributed by atoms with E-state index in [9.17, 15) is 9.59 Å². The predicted molar refractivity (Wildman–Crippen MR) is 112 cm³/mol. The van der Waals surface area contributed by atoms with Crippen molar-refractivity contribution in [1.29, 1.82) is 0 Å². The standard InChI is InChI=1S/C21H27N3O3S/c1-21(2,3)18(17-8-5-13-28-17)23-20(26)22-16-7-4-6-15(14-16)19(25)24-9-11-27-12-10-24/h4-8,13-14,18H,9-12H2,1-3H3,(H2,22,23,26). The lowest BCUT2D eigenvalue weighted by molar-refractivity contribution is 0.0303. The lowest BCUT2D eigenvalue weighted by Crippen LogP contribution is -2.40. The van der Waals surface area contributed by atoms with Crippen molar-refractivity contribution in [2.75, 3.05) is 31.6 Å². The fourth-order valence-electron chi connectivity index (χ4n) is 3.15. The van der Waals surface area contributed by atoms with Gasteiger partial charge in [-0.1, -0.05) is 32.9 Å². The highest BCUT2D eigenvalue weighted by Crippen LogP contribution is 2.35. The van der Waals surface area contributed by atoms with Crippen LogP contribution in [0.4, 0.5) is 10.5 Å². The minimum atomic E-state index is -0.288. The molecule has 1 atom stereocenters. The number of ether oxygens (including phenoxy) is 1. The summed E-state index contributed by atoms with van der Waals surface area (Å²) < 4.78 is 5.30. The van der Waals surface area contributed by atoms with Crippen molar-refractivity contribution in [2.45, 2.75) is 26.8 Å². The monoisotopic (exact) mass is 401 g/mol. The van der Waals surface area contributed by atoms with Gasteiger partial charge in [-0.3, -0.25) is 4.79 Å². The SMILES string of the molecule is CC(C)(C)C(NC(=O)Nc1cccc(C(=O)N2CCOCC2)c1)c1cccs1. The molecule has 2 heterocycles. The Kier molecular flexibility index (Phi) is 6.36. The van der Waals surface area contributed by atoms with Crippen molar-refractivity contribution in [1.82, 2.24) is 10.2 Å². The topological polar surface area (TPSA) is 70.7 Å². The Bertz CT molecular complexity index is 809. The van der Waals surface area contributed by atoms with E-state index in [0.717, 1.165) is 4.88 Å². The molecule has 3 rings (SSSR count). The second-order valence-electron chi connectivity index (χ2n) is 7.90. The molecule has 1 fully saturated rings. The molecule has 2 aromatic rings. The quantitative estimate of drug-likeness (QED) is 0.809. The van der Waals surface area contributed by atoms with Crippen LogP contribution in [-0.2, 0) is 4.74 Å². The summed E-state index contributed by atoms with van der Waals surface area (Å²) in [6, 6.07) is 10.7. The molecule has 1 unspecified atom stereocenters. The van der Waals surface area contributed by atoms with Crippen LogP contribution in [0.15, 0.2) is 41.8 Å². The van der Waals surface area contributed by atoms with Crippen molar-refractivity contribution in [3.05, 3.63) is 52.2 Å². The largest absolute Gasteiger partial charge is 0.378 e. The maximum atomic E-state index is 12.6. The van der Waals surface area contributed by atoms with Crippen molar-refractivity contribution < 1.29 is 14.3 Å². The highest BCUT2D eigenvalue weighted by Gasteiger charge is 2.28. The number of morpholine rings is 1. The van der Waals surface area contributed by atoms with Crippen LogP contribution in [0, 0.1) is 5.41 Å². The zero-order valence-electron chi connectivity index (χ0n) is 16.5. The summed E-state index contributed by atoms with van der Waals surface area (Å²) >= 11 is 1.63. The van der Waals surface area contributed by atoms with Crippen molar-refractivity contribution in [2.24, 2.45) is 5.41 Å². The summed E-state index contributed by atoms with van der Waals surface area (Å²) in [7, 11) is 0. The minimum Gasteiger partial charge on any atom is -0.378 e. The number of carbonyl (C=O) groups excluding carboxylic acids is 2. The first kappa shape index (κ1) is 20.4. The summed E-state index contributed by atoms with van der Waals surface area (Å²) in [5.74, 6) is -0.0430. The zero-order chi connectivity index (χ0) is 20.1. The van der Waals surface area contributed by atoms with Gasteiger partial charge in [-0.05, 0) is 35.1 Å². The van der Waals surface area contributed by atoms with E-state index in [2.05, 4.69) is 31.4 Å². The molecular formula is C21H27N3O3S. The Balaban J connectivity index is 1.67. The molecule has 1 aliphatic heterocycles. The Morgan fingerprint density at radius 1 is 1.14 bits per heavy atom. The van der Waals surface area contributed by atoms with Crippen LogP contribution in [0.2, 0.25) is 0 Å². The molecule has 1 aliphatic rings. The Hall–Kier alpha value is -2.38. The molecule has 1 aromatic heterocycles. The number of nitrogens with zero attached hydrogens (tertiary/aromatic N) is 1. The number of benzene rings is 1. The van der Waals surface area contributed by atoms with Gasteiger partial charge in [0, 0.05) is 29.2 Å². The molecule has 1 saturated heterocycles. The molecule has 0 radical (unpaired) electrons. The molecule has 0 saturated carbocycles. The van der Waals surface area contributed by atoms with Crippen LogP contribution in [0.1, 0.15) is 42.0 Å². The molecule has 0 bridgehead atoms. The van der Waals surface area contributed by atoms with E-state index in [1.165, 1.54) is 0 Å². The number of rotatable bonds is 4. The van der Waals surface area contributed by atoms with Crippen LogP contribution in [0.3, 0.4) is 0 Å². The van der Waals surface area contributed by atoms with Gasteiger partial charge >= 0.3 is 6.03 Å². The summed E-state index contributed by atoms with van der Waals surface area (Å²) in [6.45, 7) is 8.58. The van der Waals surface area contributed by atoms with Gasteiger partial charge in [-0.15, -0.1) is 11.3 Å². The highest BCUT2D eigenvalue weighted by molar-refractivity contribution is 7.10. The highest BCUT2D eigenvalue weighted by atomic mass is 32.1. The molecule has 3 amide bonds. The van der Waals surface area contributed by atoms with E-state index in [4.69, 9.17) is 4.74 Å². The first-order valence-corrected chi connectivity index (χ1v) is 10.3. The van der Waals surface area contributed by atoms with Gasteiger partial charge in [0.15, 0.2) is 0 Å². The summed E-state index contributed by atoms with van der Waals surface area (Å²) in [6.07, 6.45) is 0. The van der Waals surface area contributed by atoms with Gasteiger partial charge in [-0.25, -0.2) is 4.79 Å². The van der Waals surface area contributed by atoms with Gasteiger partial charge in [0.25, 0.3) is 5.91 Å². The molecule has 2 N–H and O–H groups in total. The molecule has 28 heavy (non-hydrogen) atoms. The van der Waals surface area contributed by atoms with Crippen LogP contribution in [0.25, 0.3) is 0 Å². The molecule has 150 valence electrons. The van der Waals surface area contributed by atoms with Crippen molar-refractivity contribution in [3.8, 4) is 0 Å². The summed E-state index contributed by atoms with van der Waals surface area (Å²) in [4.78, 5) is 28.1. The van der Waals surface area contributed by atoms with E-state index in [1.54, 1.807) is 40.5 Å². The second-order valence-corrected chi connectivity index (χ2v) is 8.88. The third-order valence-corrected chi connectivity index (χ3v) is 5.57. The molecule has 0 aliphatic carbocycles. The van der Waals surface area contributed by atoms with Crippen LogP contribution in [0.5, 0.6) is 0 Å². The average molecular weight is 402 g/mol. The van der Waals surface area contributed by atoms with E-state index in [-0.39, 0.29) is 23.4 Å². The van der Waals surface area contributed by atoms with Crippen LogP contribution in [-0.4, -0.2) is 43.1 Å². The Labute approximate surface area is 169 Å². The van der Waals surface area contributed by atoms with Gasteiger partial charge in [0.05, 0.1) is 19.3 Å². The summed E-state index contributed by atoms with van der Waals surface area (Å²) in [5.41, 5.74) is 1.02. The number of amides is 3. The third-order valence-electron chi connectivity index (χ3n) is 4.63. The predicted octanol–water partition coefficient (Wildman–Crippen LogP) is 4.13. The van der Waals surface area contributed by atoms with E-state index >= 15 is 0 Å².